The Balaban J connectivity index is 3.15. The van der Waals surface area contributed by atoms with Gasteiger partial charge in [0.05, 0.1) is 6.07 Å². The number of unbranched alkanes of at least 4 members (excludes halogenated alkanes) is 1. The molecule has 0 aliphatic heterocycles. The van der Waals surface area contributed by atoms with Gasteiger partial charge in [-0.3, -0.25) is 4.79 Å². The molecule has 0 aliphatic carbocycles. The maximum atomic E-state index is 10.9. The van der Waals surface area contributed by atoms with E-state index in [9.17, 15) is 4.79 Å². The van der Waals surface area contributed by atoms with Gasteiger partial charge in [-0.1, -0.05) is 0 Å². The lowest BCUT2D eigenvalue weighted by atomic mass is 10.3. The second-order valence-electron chi connectivity index (χ2n) is 2.44. The molecule has 4 heteroatoms. The summed E-state index contributed by atoms with van der Waals surface area (Å²) in [4.78, 5) is 10.9. The first-order valence-electron chi connectivity index (χ1n) is 4.05. The van der Waals surface area contributed by atoms with E-state index >= 15 is 0 Å². The van der Waals surface area contributed by atoms with Crippen LogP contribution in [0.4, 0.5) is 0 Å². The normalized spacial score (nSPS) is 9.00. The molecule has 0 saturated heterocycles. The van der Waals surface area contributed by atoms with Crippen molar-refractivity contribution in [2.45, 2.75) is 25.7 Å². The maximum Gasteiger partial charge on any atom is 0.220 e. The predicted octanol–water partition coefficient (Wildman–Crippen LogP) is 0.179. The fraction of sp³-hybridized carbons (Fsp3) is 0.750. The van der Waals surface area contributed by atoms with Gasteiger partial charge in [0.2, 0.25) is 5.91 Å². The lowest BCUT2D eigenvalue weighted by molar-refractivity contribution is -0.121. The second-order valence-corrected chi connectivity index (χ2v) is 2.44. The minimum atomic E-state index is -0.0537. The first kappa shape index (κ1) is 10.9. The zero-order valence-corrected chi connectivity index (χ0v) is 7.05. The summed E-state index contributed by atoms with van der Waals surface area (Å²) in [7, 11) is 0. The third kappa shape index (κ3) is 7.03. The minimum absolute atomic E-state index is 0.0472. The Morgan fingerprint density at radius 1 is 1.50 bits per heavy atom. The number of amides is 1. The first-order valence-corrected chi connectivity index (χ1v) is 4.05. The van der Waals surface area contributed by atoms with E-state index in [1.807, 2.05) is 6.07 Å². The largest absolute Gasteiger partial charge is 0.396 e. The predicted molar refractivity (Wildman–Crippen MR) is 44.2 cm³/mol. The van der Waals surface area contributed by atoms with Crippen LogP contribution >= 0.6 is 0 Å². The number of carbonyl (C=O) groups excluding carboxylic acids is 1. The van der Waals surface area contributed by atoms with E-state index in [2.05, 4.69) is 5.32 Å². The molecule has 0 radical (unpaired) electrons. The smallest absolute Gasteiger partial charge is 0.220 e. The molecule has 0 bridgehead atoms. The summed E-state index contributed by atoms with van der Waals surface area (Å²) < 4.78 is 0. The molecule has 0 rings (SSSR count). The molecule has 0 saturated carbocycles. The van der Waals surface area contributed by atoms with Crippen molar-refractivity contribution in [3.05, 3.63) is 0 Å². The van der Waals surface area contributed by atoms with Crippen molar-refractivity contribution in [1.82, 2.24) is 5.32 Å². The van der Waals surface area contributed by atoms with Crippen LogP contribution in [0.25, 0.3) is 0 Å². The van der Waals surface area contributed by atoms with Crippen LogP contribution in [-0.4, -0.2) is 24.2 Å². The number of aliphatic hydroxyl groups is 1. The highest BCUT2D eigenvalue weighted by atomic mass is 16.3. The van der Waals surface area contributed by atoms with Crippen molar-refractivity contribution in [2.75, 3.05) is 13.2 Å². The van der Waals surface area contributed by atoms with Gasteiger partial charge in [-0.05, 0) is 12.8 Å². The van der Waals surface area contributed by atoms with Gasteiger partial charge >= 0.3 is 0 Å². The molecule has 0 aromatic rings. The summed E-state index contributed by atoms with van der Waals surface area (Å²) in [5.74, 6) is -0.0537. The summed E-state index contributed by atoms with van der Waals surface area (Å²) >= 11 is 0. The van der Waals surface area contributed by atoms with E-state index in [0.29, 0.717) is 32.2 Å². The molecule has 0 unspecified atom stereocenters. The van der Waals surface area contributed by atoms with Crippen LogP contribution in [0.15, 0.2) is 0 Å². The van der Waals surface area contributed by atoms with Crippen molar-refractivity contribution in [1.29, 1.82) is 5.26 Å². The molecular weight excluding hydrogens is 156 g/mol. The molecule has 0 aromatic carbocycles. The number of hydrogen-bond acceptors (Lipinski definition) is 3. The van der Waals surface area contributed by atoms with Gasteiger partial charge in [0.25, 0.3) is 0 Å². The van der Waals surface area contributed by atoms with Crippen LogP contribution in [0.5, 0.6) is 0 Å². The van der Waals surface area contributed by atoms with Crippen LogP contribution < -0.4 is 5.32 Å². The molecule has 4 nitrogen and oxygen atoms in total. The van der Waals surface area contributed by atoms with Gasteiger partial charge in [0.1, 0.15) is 0 Å². The van der Waals surface area contributed by atoms with Gasteiger partial charge in [-0.25, -0.2) is 0 Å². The number of rotatable bonds is 6. The van der Waals surface area contributed by atoms with Gasteiger partial charge in [0, 0.05) is 26.0 Å². The lowest BCUT2D eigenvalue weighted by Gasteiger charge is -2.01. The van der Waals surface area contributed by atoms with Gasteiger partial charge < -0.3 is 10.4 Å². The third-order valence-corrected chi connectivity index (χ3v) is 1.35. The van der Waals surface area contributed by atoms with Crippen molar-refractivity contribution >= 4 is 5.91 Å². The average Bonchev–Trinajstić information content (AvgIpc) is 2.09. The van der Waals surface area contributed by atoms with E-state index in [1.165, 1.54) is 0 Å². The summed E-state index contributed by atoms with van der Waals surface area (Å²) in [6.45, 7) is 0.601. The van der Waals surface area contributed by atoms with Crippen molar-refractivity contribution in [3.8, 4) is 6.07 Å². The molecule has 0 heterocycles. The Morgan fingerprint density at radius 2 is 2.25 bits per heavy atom. The zero-order chi connectivity index (χ0) is 9.23. The summed E-state index contributed by atoms with van der Waals surface area (Å²) in [6, 6.07) is 1.99. The highest BCUT2D eigenvalue weighted by molar-refractivity contribution is 5.75. The maximum absolute atomic E-state index is 10.9. The fourth-order valence-electron chi connectivity index (χ4n) is 0.723. The quantitative estimate of drug-likeness (QED) is 0.558. The average molecular weight is 170 g/mol. The number of nitrogens with one attached hydrogen (secondary N) is 1. The Kier molecular flexibility index (Phi) is 7.30. The number of aliphatic hydroxyl groups excluding tert-OH is 1. The van der Waals surface area contributed by atoms with E-state index in [-0.39, 0.29) is 12.5 Å². The number of carbonyl (C=O) groups is 1. The first-order chi connectivity index (χ1) is 5.81. The Bertz CT molecular complexity index is 163. The molecule has 0 aromatic heterocycles. The zero-order valence-electron chi connectivity index (χ0n) is 7.05. The highest BCUT2D eigenvalue weighted by Crippen LogP contribution is 1.88. The SMILES string of the molecule is N#CCCCNC(=O)CCCO. The van der Waals surface area contributed by atoms with Crippen LogP contribution in [0.3, 0.4) is 0 Å². The molecule has 0 aliphatic rings. The monoisotopic (exact) mass is 170 g/mol. The van der Waals surface area contributed by atoms with E-state index in [4.69, 9.17) is 10.4 Å². The standard InChI is InChI=1S/C8H14N2O2/c9-5-1-2-6-10-8(12)4-3-7-11/h11H,1-4,6-7H2,(H,10,12). The molecule has 12 heavy (non-hydrogen) atoms. The van der Waals surface area contributed by atoms with Crippen LogP contribution in [0, 0.1) is 11.3 Å². The van der Waals surface area contributed by atoms with Crippen LogP contribution in [0.1, 0.15) is 25.7 Å². The Labute approximate surface area is 72.2 Å². The minimum Gasteiger partial charge on any atom is -0.396 e. The molecular formula is C8H14N2O2. The molecule has 0 atom stereocenters. The van der Waals surface area contributed by atoms with Crippen molar-refractivity contribution in [3.63, 3.8) is 0 Å². The number of hydrogen-bond donors (Lipinski definition) is 2. The van der Waals surface area contributed by atoms with Gasteiger partial charge in [0.15, 0.2) is 0 Å². The van der Waals surface area contributed by atoms with Crippen LogP contribution in [0.2, 0.25) is 0 Å². The lowest BCUT2D eigenvalue weighted by Crippen LogP contribution is -2.24. The molecule has 68 valence electrons. The van der Waals surface area contributed by atoms with Crippen molar-refractivity contribution in [2.24, 2.45) is 0 Å². The topological polar surface area (TPSA) is 73.1 Å². The van der Waals surface area contributed by atoms with Crippen LogP contribution in [-0.2, 0) is 4.79 Å². The van der Waals surface area contributed by atoms with Crippen molar-refractivity contribution < 1.29 is 9.90 Å². The third-order valence-electron chi connectivity index (χ3n) is 1.35. The Hall–Kier alpha value is -1.08. The highest BCUT2D eigenvalue weighted by Gasteiger charge is 1.98. The summed E-state index contributed by atoms with van der Waals surface area (Å²) in [5.41, 5.74) is 0. The summed E-state index contributed by atoms with van der Waals surface area (Å²) in [5, 5.41) is 19.2. The van der Waals surface area contributed by atoms with Gasteiger partial charge in [-0.15, -0.1) is 0 Å². The number of nitriles is 1. The molecule has 0 fully saturated rings. The fourth-order valence-corrected chi connectivity index (χ4v) is 0.723. The van der Waals surface area contributed by atoms with E-state index in [0.717, 1.165) is 0 Å². The molecule has 2 N–H and O–H groups in total. The Morgan fingerprint density at radius 3 is 2.83 bits per heavy atom. The van der Waals surface area contributed by atoms with E-state index < -0.39 is 0 Å². The molecule has 0 spiro atoms. The second kappa shape index (κ2) is 8.02. The summed E-state index contributed by atoms with van der Waals surface area (Å²) in [6.07, 6.45) is 2.04. The van der Waals surface area contributed by atoms with Gasteiger partial charge in [-0.2, -0.15) is 5.26 Å². The van der Waals surface area contributed by atoms with E-state index in [1.54, 1.807) is 0 Å². The number of nitrogens with zero attached hydrogens (tertiary/aromatic N) is 1. The molecule has 1 amide bonds.